The molecule has 108 valence electrons. The first-order valence-electron chi connectivity index (χ1n) is 5.45. The summed E-state index contributed by atoms with van der Waals surface area (Å²) in [4.78, 5) is 0.983. The molecule has 8 heteroatoms. The average molecular weight is 460 g/mol. The lowest BCUT2D eigenvalue weighted by Crippen LogP contribution is -2.13. The maximum Gasteiger partial charge on any atom is 0.263 e. The summed E-state index contributed by atoms with van der Waals surface area (Å²) >= 11 is 14.0. The molecule has 0 unspecified atom stereocenters. The Morgan fingerprint density at radius 3 is 2.40 bits per heavy atom. The van der Waals surface area contributed by atoms with Crippen molar-refractivity contribution in [2.45, 2.75) is 18.7 Å². The minimum atomic E-state index is -3.63. The Balaban J connectivity index is 2.43. The molecule has 0 fully saturated rings. The number of benzene rings is 1. The minimum Gasteiger partial charge on any atom is -0.278 e. The molecule has 0 aliphatic heterocycles. The molecule has 1 aromatic carbocycles. The minimum absolute atomic E-state index is 0.262. The van der Waals surface area contributed by atoms with E-state index in [0.717, 1.165) is 14.2 Å². The Hall–Kier alpha value is -0.0800. The molecule has 0 atom stereocenters. The normalized spacial score (nSPS) is 11.7. The molecule has 0 amide bonds. The van der Waals surface area contributed by atoms with Gasteiger partial charge in [-0.25, -0.2) is 8.42 Å². The average Bonchev–Trinajstić information content (AvgIpc) is 2.66. The highest BCUT2D eigenvalue weighted by molar-refractivity contribution is 9.11. The number of halogens is 3. The summed E-state index contributed by atoms with van der Waals surface area (Å²) in [6, 6.07) is 4.96. The number of aryl methyl sites for hydroxylation is 2. The number of anilines is 1. The predicted octanol–water partition coefficient (Wildman–Crippen LogP) is 5.34. The SMILES string of the molecule is Cc1cc(Br)c(NS(=O)(=O)c2cc(Br)sc2C)cc1Cl. The van der Waals surface area contributed by atoms with Crippen LogP contribution < -0.4 is 4.72 Å². The molecule has 2 rings (SSSR count). The van der Waals surface area contributed by atoms with E-state index in [4.69, 9.17) is 11.6 Å². The van der Waals surface area contributed by atoms with Crippen LogP contribution in [0.4, 0.5) is 5.69 Å². The van der Waals surface area contributed by atoms with Crippen molar-refractivity contribution in [2.75, 3.05) is 4.72 Å². The van der Waals surface area contributed by atoms with Crippen LogP contribution in [0.5, 0.6) is 0 Å². The lowest BCUT2D eigenvalue weighted by Gasteiger charge is -2.11. The van der Waals surface area contributed by atoms with Crippen LogP contribution in [-0.4, -0.2) is 8.42 Å². The third kappa shape index (κ3) is 3.39. The largest absolute Gasteiger partial charge is 0.278 e. The number of rotatable bonds is 3. The maximum absolute atomic E-state index is 12.4. The van der Waals surface area contributed by atoms with Crippen LogP contribution in [0.15, 0.2) is 31.4 Å². The second kappa shape index (κ2) is 5.96. The number of thiophene rings is 1. The summed E-state index contributed by atoms with van der Waals surface area (Å²) in [6.07, 6.45) is 0. The maximum atomic E-state index is 12.4. The number of sulfonamides is 1. The van der Waals surface area contributed by atoms with Gasteiger partial charge in [0.05, 0.1) is 9.47 Å². The number of nitrogens with one attached hydrogen (secondary N) is 1. The molecule has 1 heterocycles. The molecule has 0 aliphatic rings. The summed E-state index contributed by atoms with van der Waals surface area (Å²) < 4.78 is 28.8. The van der Waals surface area contributed by atoms with E-state index >= 15 is 0 Å². The van der Waals surface area contributed by atoms with Crippen LogP contribution in [-0.2, 0) is 10.0 Å². The topological polar surface area (TPSA) is 46.2 Å². The van der Waals surface area contributed by atoms with E-state index in [0.29, 0.717) is 15.2 Å². The first-order chi connectivity index (χ1) is 9.20. The summed E-state index contributed by atoms with van der Waals surface area (Å²) in [5, 5.41) is 0.508. The van der Waals surface area contributed by atoms with Crippen LogP contribution >= 0.6 is 54.8 Å². The van der Waals surface area contributed by atoms with E-state index in [1.165, 1.54) is 11.3 Å². The van der Waals surface area contributed by atoms with E-state index in [1.807, 2.05) is 6.92 Å². The number of hydrogen-bond acceptors (Lipinski definition) is 3. The van der Waals surface area contributed by atoms with Gasteiger partial charge in [-0.1, -0.05) is 11.6 Å². The van der Waals surface area contributed by atoms with Crippen molar-refractivity contribution >= 4 is 70.5 Å². The number of hydrogen-bond donors (Lipinski definition) is 1. The molecule has 0 spiro atoms. The van der Waals surface area contributed by atoms with E-state index in [-0.39, 0.29) is 4.90 Å². The molecule has 0 saturated heterocycles. The van der Waals surface area contributed by atoms with Gasteiger partial charge in [0.2, 0.25) is 0 Å². The molecule has 20 heavy (non-hydrogen) atoms. The van der Waals surface area contributed by atoms with Gasteiger partial charge < -0.3 is 0 Å². The van der Waals surface area contributed by atoms with Crippen LogP contribution in [0.1, 0.15) is 10.4 Å². The van der Waals surface area contributed by atoms with E-state index in [1.54, 1.807) is 25.1 Å². The summed E-state index contributed by atoms with van der Waals surface area (Å²) in [7, 11) is -3.63. The van der Waals surface area contributed by atoms with E-state index < -0.39 is 10.0 Å². The fourth-order valence-electron chi connectivity index (χ4n) is 1.62. The van der Waals surface area contributed by atoms with Gasteiger partial charge in [-0.05, 0) is 69.5 Å². The van der Waals surface area contributed by atoms with Gasteiger partial charge in [-0.2, -0.15) is 0 Å². The van der Waals surface area contributed by atoms with E-state index in [9.17, 15) is 8.42 Å². The molecule has 0 bridgehead atoms. The molecule has 0 saturated carbocycles. The van der Waals surface area contributed by atoms with Crippen molar-refractivity contribution in [1.29, 1.82) is 0 Å². The van der Waals surface area contributed by atoms with Gasteiger partial charge in [-0.15, -0.1) is 11.3 Å². The zero-order chi connectivity index (χ0) is 15.1. The fourth-order valence-corrected chi connectivity index (χ4v) is 5.96. The highest BCUT2D eigenvalue weighted by Crippen LogP contribution is 2.34. The summed E-state index contributed by atoms with van der Waals surface area (Å²) in [5.74, 6) is 0. The van der Waals surface area contributed by atoms with Gasteiger partial charge in [0.25, 0.3) is 10.0 Å². The lowest BCUT2D eigenvalue weighted by molar-refractivity contribution is 0.601. The smallest absolute Gasteiger partial charge is 0.263 e. The van der Waals surface area contributed by atoms with Gasteiger partial charge in [-0.3, -0.25) is 4.72 Å². The van der Waals surface area contributed by atoms with Crippen molar-refractivity contribution in [3.63, 3.8) is 0 Å². The zero-order valence-electron chi connectivity index (χ0n) is 10.5. The Morgan fingerprint density at radius 1 is 1.20 bits per heavy atom. The van der Waals surface area contributed by atoms with Crippen LogP contribution in [0.3, 0.4) is 0 Å². The summed E-state index contributed by atoms with van der Waals surface area (Å²) in [6.45, 7) is 3.62. The van der Waals surface area contributed by atoms with Crippen LogP contribution in [0.25, 0.3) is 0 Å². The third-order valence-corrected chi connectivity index (χ3v) is 6.86. The Bertz CT molecular complexity index is 772. The molecular weight excluding hydrogens is 450 g/mol. The van der Waals surface area contributed by atoms with Crippen molar-refractivity contribution in [1.82, 2.24) is 0 Å². The summed E-state index contributed by atoms with van der Waals surface area (Å²) in [5.41, 5.74) is 1.29. The van der Waals surface area contributed by atoms with Crippen molar-refractivity contribution < 1.29 is 8.42 Å². The monoisotopic (exact) mass is 457 g/mol. The molecule has 0 aliphatic carbocycles. The first kappa shape index (κ1) is 16.3. The van der Waals surface area contributed by atoms with Gasteiger partial charge in [0.1, 0.15) is 4.90 Å². The fraction of sp³-hybridized carbons (Fsp3) is 0.167. The van der Waals surface area contributed by atoms with Gasteiger partial charge in [0.15, 0.2) is 0 Å². The molecule has 0 radical (unpaired) electrons. The van der Waals surface area contributed by atoms with Gasteiger partial charge in [0, 0.05) is 14.4 Å². The quantitative estimate of drug-likeness (QED) is 0.673. The predicted molar refractivity (Wildman–Crippen MR) is 91.5 cm³/mol. The zero-order valence-corrected chi connectivity index (χ0v) is 16.1. The second-order valence-corrected chi connectivity index (χ2v) is 9.71. The Labute approximate surface area is 143 Å². The Kier molecular flexibility index (Phi) is 4.86. The highest BCUT2D eigenvalue weighted by atomic mass is 79.9. The molecule has 1 aromatic heterocycles. The Morgan fingerprint density at radius 2 is 1.85 bits per heavy atom. The molecule has 1 N–H and O–H groups in total. The lowest BCUT2D eigenvalue weighted by atomic mass is 10.2. The van der Waals surface area contributed by atoms with E-state index in [2.05, 4.69) is 36.6 Å². The van der Waals surface area contributed by atoms with Crippen LogP contribution in [0, 0.1) is 13.8 Å². The second-order valence-electron chi connectivity index (χ2n) is 4.16. The van der Waals surface area contributed by atoms with Crippen LogP contribution in [0.2, 0.25) is 5.02 Å². The molecule has 3 nitrogen and oxygen atoms in total. The highest BCUT2D eigenvalue weighted by Gasteiger charge is 2.21. The van der Waals surface area contributed by atoms with Gasteiger partial charge >= 0.3 is 0 Å². The molecule has 2 aromatic rings. The van der Waals surface area contributed by atoms with Crippen molar-refractivity contribution in [3.8, 4) is 0 Å². The first-order valence-corrected chi connectivity index (χ1v) is 9.71. The van der Waals surface area contributed by atoms with Crippen molar-refractivity contribution in [2.24, 2.45) is 0 Å². The molecular formula is C12H10Br2ClNO2S2. The van der Waals surface area contributed by atoms with Crippen molar-refractivity contribution in [3.05, 3.63) is 41.9 Å². The standard InChI is InChI=1S/C12H10Br2ClNO2S2/c1-6-3-8(13)10(4-9(6)15)16-20(17,18)11-5-12(14)19-7(11)2/h3-5,16H,1-2H3. The third-order valence-electron chi connectivity index (χ3n) is 2.62.